The zero-order valence-corrected chi connectivity index (χ0v) is 10.9. The molecule has 22 heavy (non-hydrogen) atoms. The molecule has 0 fully saturated rings. The molecule has 8 heteroatoms. The second kappa shape index (κ2) is 5.80. The third-order valence-corrected chi connectivity index (χ3v) is 2.65. The van der Waals surface area contributed by atoms with Crippen molar-refractivity contribution >= 4 is 5.69 Å². The molecule has 118 valence electrons. The quantitative estimate of drug-likeness (QED) is 0.665. The lowest BCUT2D eigenvalue weighted by Gasteiger charge is -2.16. The van der Waals surface area contributed by atoms with E-state index < -0.39 is 29.5 Å². The Morgan fingerprint density at radius 2 is 1.45 bits per heavy atom. The van der Waals surface area contributed by atoms with Gasteiger partial charge in [0.15, 0.2) is 6.10 Å². The monoisotopic (exact) mass is 319 g/mol. The van der Waals surface area contributed by atoms with Gasteiger partial charge < -0.3 is 15.6 Å². The second-order valence-electron chi connectivity index (χ2n) is 4.49. The van der Waals surface area contributed by atoms with Crippen LogP contribution in [-0.4, -0.2) is 11.3 Å². The molecule has 0 aliphatic heterocycles. The molecule has 1 atom stereocenters. The number of rotatable bonds is 3. The minimum atomic E-state index is -4.88. The minimum Gasteiger partial charge on any atom is -0.457 e. The van der Waals surface area contributed by atoms with Gasteiger partial charge in [-0.2, -0.15) is 13.2 Å². The van der Waals surface area contributed by atoms with Crippen LogP contribution in [0.3, 0.4) is 0 Å². The van der Waals surface area contributed by atoms with Crippen LogP contribution in [0.4, 0.5) is 27.6 Å². The van der Waals surface area contributed by atoms with Crippen LogP contribution in [-0.2, 0) is 0 Å². The summed E-state index contributed by atoms with van der Waals surface area (Å²) in [6.07, 6.45) is -7.63. The first-order valence-electron chi connectivity index (χ1n) is 5.94. The van der Waals surface area contributed by atoms with Crippen molar-refractivity contribution < 1.29 is 31.8 Å². The minimum absolute atomic E-state index is 0.104. The Balaban J connectivity index is 2.34. The molecule has 0 spiro atoms. The first-order chi connectivity index (χ1) is 10.1. The summed E-state index contributed by atoms with van der Waals surface area (Å²) in [6.45, 7) is 0. The molecule has 0 saturated carbocycles. The van der Waals surface area contributed by atoms with Crippen molar-refractivity contribution in [3.63, 3.8) is 0 Å². The van der Waals surface area contributed by atoms with Crippen molar-refractivity contribution in [3.8, 4) is 11.5 Å². The van der Waals surface area contributed by atoms with Gasteiger partial charge in [-0.15, -0.1) is 0 Å². The van der Waals surface area contributed by atoms with Gasteiger partial charge in [0.05, 0.1) is 0 Å². The van der Waals surface area contributed by atoms with E-state index in [-0.39, 0.29) is 17.2 Å². The lowest BCUT2D eigenvalue weighted by molar-refractivity contribution is -0.206. The molecule has 3 N–H and O–H groups in total. The predicted molar refractivity (Wildman–Crippen MR) is 68.3 cm³/mol. The van der Waals surface area contributed by atoms with Crippen LogP contribution in [0.1, 0.15) is 11.7 Å². The van der Waals surface area contributed by atoms with Crippen LogP contribution in [0, 0.1) is 11.6 Å². The number of hydrogen-bond acceptors (Lipinski definition) is 3. The van der Waals surface area contributed by atoms with Gasteiger partial charge in [0.2, 0.25) is 0 Å². The van der Waals surface area contributed by atoms with Crippen molar-refractivity contribution in [2.45, 2.75) is 12.3 Å². The number of aliphatic hydroxyl groups is 1. The first-order valence-corrected chi connectivity index (χ1v) is 5.94. The lowest BCUT2D eigenvalue weighted by Crippen LogP contribution is -2.20. The Bertz CT molecular complexity index is 667. The fourth-order valence-electron chi connectivity index (χ4n) is 1.78. The maximum absolute atomic E-state index is 13.0. The molecule has 0 heterocycles. The number of alkyl halides is 3. The van der Waals surface area contributed by atoms with Crippen molar-refractivity contribution in [2.24, 2.45) is 0 Å². The van der Waals surface area contributed by atoms with Crippen molar-refractivity contribution in [3.05, 3.63) is 53.6 Å². The van der Waals surface area contributed by atoms with Gasteiger partial charge in [-0.05, 0) is 17.7 Å². The summed E-state index contributed by atoms with van der Waals surface area (Å²) in [5.41, 5.74) is 4.80. The number of anilines is 1. The summed E-state index contributed by atoms with van der Waals surface area (Å²) >= 11 is 0. The van der Waals surface area contributed by atoms with Gasteiger partial charge in [0.25, 0.3) is 0 Å². The normalized spacial score (nSPS) is 13.0. The van der Waals surface area contributed by atoms with Crippen LogP contribution in [0.15, 0.2) is 36.4 Å². The topological polar surface area (TPSA) is 55.5 Å². The number of hydrogen-bond donors (Lipinski definition) is 2. The zero-order valence-electron chi connectivity index (χ0n) is 10.9. The van der Waals surface area contributed by atoms with E-state index in [1.165, 1.54) is 0 Å². The number of nitrogens with two attached hydrogens (primary N) is 1. The van der Waals surface area contributed by atoms with E-state index in [1.807, 2.05) is 0 Å². The molecule has 2 aromatic rings. The van der Waals surface area contributed by atoms with Crippen molar-refractivity contribution in [1.82, 2.24) is 0 Å². The SMILES string of the molecule is Nc1cc(Oc2cc(F)cc(F)c2)cc(C(O)C(F)(F)F)c1. The highest BCUT2D eigenvalue weighted by atomic mass is 19.4. The second-order valence-corrected chi connectivity index (χ2v) is 4.49. The van der Waals surface area contributed by atoms with Crippen LogP contribution in [0.2, 0.25) is 0 Å². The van der Waals surface area contributed by atoms with E-state index in [1.54, 1.807) is 0 Å². The molecule has 0 saturated heterocycles. The number of ether oxygens (including phenoxy) is 1. The first kappa shape index (κ1) is 16.0. The van der Waals surface area contributed by atoms with Crippen molar-refractivity contribution in [1.29, 1.82) is 0 Å². The van der Waals surface area contributed by atoms with E-state index in [0.29, 0.717) is 6.07 Å². The highest BCUT2D eigenvalue weighted by Crippen LogP contribution is 2.36. The van der Waals surface area contributed by atoms with Gasteiger partial charge in [-0.1, -0.05) is 0 Å². The average Bonchev–Trinajstić information content (AvgIpc) is 2.34. The van der Waals surface area contributed by atoms with Gasteiger partial charge in [-0.25, -0.2) is 8.78 Å². The number of nitrogen functional groups attached to an aromatic ring is 1. The third kappa shape index (κ3) is 3.85. The predicted octanol–water partition coefficient (Wildman–Crippen LogP) is 3.94. The number of benzene rings is 2. The molecule has 0 aliphatic carbocycles. The van der Waals surface area contributed by atoms with E-state index in [2.05, 4.69) is 0 Å². The molecule has 0 radical (unpaired) electrons. The number of halogens is 5. The van der Waals surface area contributed by atoms with E-state index in [4.69, 9.17) is 10.5 Å². The summed E-state index contributed by atoms with van der Waals surface area (Å²) in [7, 11) is 0. The fourth-order valence-corrected chi connectivity index (χ4v) is 1.78. The van der Waals surface area contributed by atoms with Crippen LogP contribution >= 0.6 is 0 Å². The summed E-state index contributed by atoms with van der Waals surface area (Å²) in [6, 6.07) is 5.30. The van der Waals surface area contributed by atoms with Gasteiger partial charge in [-0.3, -0.25) is 0 Å². The lowest BCUT2D eigenvalue weighted by atomic mass is 10.1. The maximum atomic E-state index is 13.0. The molecule has 0 aliphatic rings. The molecule has 0 bridgehead atoms. The van der Waals surface area contributed by atoms with E-state index >= 15 is 0 Å². The standard InChI is InChI=1S/C14H10F5NO2/c15-8-3-9(16)5-12(4-8)22-11-2-7(1-10(20)6-11)13(21)14(17,18)19/h1-6,13,21H,20H2. The maximum Gasteiger partial charge on any atom is 0.418 e. The molecule has 2 rings (SSSR count). The van der Waals surface area contributed by atoms with E-state index in [0.717, 1.165) is 30.3 Å². The van der Waals surface area contributed by atoms with Gasteiger partial charge in [0, 0.05) is 30.0 Å². The largest absolute Gasteiger partial charge is 0.457 e. The highest BCUT2D eigenvalue weighted by Gasteiger charge is 2.39. The van der Waals surface area contributed by atoms with Crippen molar-refractivity contribution in [2.75, 3.05) is 5.73 Å². The Hall–Kier alpha value is -2.35. The number of aliphatic hydroxyl groups excluding tert-OH is 1. The Morgan fingerprint density at radius 3 is 2.00 bits per heavy atom. The Labute approximate surface area is 121 Å². The molecular formula is C14H10F5NO2. The highest BCUT2D eigenvalue weighted by molar-refractivity contribution is 5.49. The smallest absolute Gasteiger partial charge is 0.418 e. The third-order valence-electron chi connectivity index (χ3n) is 2.65. The van der Waals surface area contributed by atoms with Crippen LogP contribution < -0.4 is 10.5 Å². The zero-order chi connectivity index (χ0) is 16.5. The summed E-state index contributed by atoms with van der Waals surface area (Å²) in [4.78, 5) is 0. The van der Waals surface area contributed by atoms with Crippen LogP contribution in [0.25, 0.3) is 0 Å². The molecule has 0 amide bonds. The Morgan fingerprint density at radius 1 is 0.909 bits per heavy atom. The van der Waals surface area contributed by atoms with Gasteiger partial charge in [0.1, 0.15) is 23.1 Å². The van der Waals surface area contributed by atoms with Gasteiger partial charge >= 0.3 is 6.18 Å². The summed E-state index contributed by atoms with van der Waals surface area (Å²) in [5, 5.41) is 9.20. The summed E-state index contributed by atoms with van der Waals surface area (Å²) < 4.78 is 68.7. The molecule has 0 aromatic heterocycles. The fraction of sp³-hybridized carbons (Fsp3) is 0.143. The van der Waals surface area contributed by atoms with Crippen LogP contribution in [0.5, 0.6) is 11.5 Å². The molecule has 3 nitrogen and oxygen atoms in total. The Kier molecular flexibility index (Phi) is 4.23. The molecule has 2 aromatic carbocycles. The average molecular weight is 319 g/mol. The molecular weight excluding hydrogens is 309 g/mol. The summed E-state index contributed by atoms with van der Waals surface area (Å²) in [5.74, 6) is -2.26. The molecule has 1 unspecified atom stereocenters. The van der Waals surface area contributed by atoms with E-state index in [9.17, 15) is 27.1 Å².